The Labute approximate surface area is 364 Å². The third-order valence-electron chi connectivity index (χ3n) is 10.5. The molecule has 0 radical (unpaired) electrons. The monoisotopic (exact) mass is 849 g/mol. The van der Waals surface area contributed by atoms with Gasteiger partial charge in [-0.25, -0.2) is 0 Å². The lowest BCUT2D eigenvalue weighted by atomic mass is 10.0. The van der Waals surface area contributed by atoms with Crippen molar-refractivity contribution in [3.05, 3.63) is 60.8 Å². The van der Waals surface area contributed by atoms with Crippen LogP contribution in [0.4, 0.5) is 0 Å². The number of phosphoric ester groups is 1. The van der Waals surface area contributed by atoms with Gasteiger partial charge in [0.1, 0.15) is 13.2 Å². The summed E-state index contributed by atoms with van der Waals surface area (Å²) in [5.74, 6) is -0.197. The number of hydrogen-bond acceptors (Lipinski definition) is 6. The zero-order chi connectivity index (χ0) is 43.6. The molecule has 3 atom stereocenters. The lowest BCUT2D eigenvalue weighted by Gasteiger charge is -2.30. The van der Waals surface area contributed by atoms with Gasteiger partial charge in [0.2, 0.25) is 5.91 Å². The first-order valence-corrected chi connectivity index (χ1v) is 25.6. The number of carbonyl (C=O) groups is 1. The number of hydrogen-bond donors (Lipinski definition) is 2. The summed E-state index contributed by atoms with van der Waals surface area (Å²) >= 11 is 0. The number of amides is 1. The smallest absolute Gasteiger partial charge is 0.268 e. The second kappa shape index (κ2) is 41.5. The average molecular weight is 849 g/mol. The Morgan fingerprint density at radius 2 is 1.03 bits per heavy atom. The molecule has 0 aliphatic heterocycles. The van der Waals surface area contributed by atoms with E-state index < -0.39 is 20.0 Å². The number of carbonyl (C=O) groups excluding carboxylic acids is 1. The van der Waals surface area contributed by atoms with Gasteiger partial charge < -0.3 is 28.8 Å². The highest BCUT2D eigenvalue weighted by atomic mass is 31.2. The van der Waals surface area contributed by atoms with Crippen molar-refractivity contribution in [2.45, 2.75) is 212 Å². The Balaban J connectivity index is 4.39. The number of aliphatic hydroxyl groups is 1. The number of phosphoric acid groups is 1. The molecule has 0 fully saturated rings. The second-order valence-electron chi connectivity index (χ2n) is 17.4. The maximum absolute atomic E-state index is 12.9. The van der Waals surface area contributed by atoms with Gasteiger partial charge in [-0.3, -0.25) is 9.36 Å². The van der Waals surface area contributed by atoms with Crippen molar-refractivity contribution in [3.63, 3.8) is 0 Å². The van der Waals surface area contributed by atoms with Crippen molar-refractivity contribution in [1.29, 1.82) is 0 Å². The van der Waals surface area contributed by atoms with E-state index in [-0.39, 0.29) is 19.1 Å². The van der Waals surface area contributed by atoms with Crippen LogP contribution in [-0.4, -0.2) is 68.5 Å². The first kappa shape index (κ1) is 57.2. The Morgan fingerprint density at radius 3 is 1.49 bits per heavy atom. The summed E-state index contributed by atoms with van der Waals surface area (Å²) in [7, 11) is 1.27. The maximum atomic E-state index is 12.9. The van der Waals surface area contributed by atoms with Crippen LogP contribution in [-0.2, 0) is 18.4 Å². The summed E-state index contributed by atoms with van der Waals surface area (Å²) < 4.78 is 23.3. The van der Waals surface area contributed by atoms with E-state index in [1.807, 2.05) is 21.1 Å². The standard InChI is InChI=1S/C50H93N2O6P/c1-6-8-10-12-14-16-18-20-22-24-26-28-30-32-34-36-38-40-42-44-50(54)51-48(47-58-59(55,56)57-46-45-52(3,4)5)49(53)43-41-39-37-35-33-31-29-27-25-23-21-19-17-15-13-11-9-7-2/h8,10,14,16,20,22,26,28,32,34,48-49,53H,6-7,9,11-13,15,17-19,21,23-25,27,29-31,33,35-47H2,1-5H3,(H-,51,54,55,56)/b10-8-,16-14-,22-20-,28-26-,34-32-. The molecule has 3 unspecified atom stereocenters. The van der Waals surface area contributed by atoms with Gasteiger partial charge in [-0.05, 0) is 57.8 Å². The van der Waals surface area contributed by atoms with E-state index in [0.717, 1.165) is 77.0 Å². The molecule has 2 N–H and O–H groups in total. The van der Waals surface area contributed by atoms with Crippen LogP contribution in [0.25, 0.3) is 0 Å². The Hall–Kier alpha value is -1.80. The summed E-state index contributed by atoms with van der Waals surface area (Å²) in [5, 5.41) is 13.9. The normalized spacial score (nSPS) is 14.8. The molecule has 0 bridgehead atoms. The zero-order valence-corrected chi connectivity index (χ0v) is 39.8. The van der Waals surface area contributed by atoms with Gasteiger partial charge in [-0.2, -0.15) is 0 Å². The molecule has 0 heterocycles. The highest BCUT2D eigenvalue weighted by molar-refractivity contribution is 7.45. The molecule has 9 heteroatoms. The fourth-order valence-corrected chi connectivity index (χ4v) is 7.44. The van der Waals surface area contributed by atoms with Crippen LogP contribution >= 0.6 is 7.82 Å². The van der Waals surface area contributed by atoms with E-state index in [1.54, 1.807) is 0 Å². The van der Waals surface area contributed by atoms with E-state index in [4.69, 9.17) is 9.05 Å². The molecule has 0 spiro atoms. The van der Waals surface area contributed by atoms with E-state index in [9.17, 15) is 19.4 Å². The molecule has 344 valence electrons. The SMILES string of the molecule is CC/C=C\C/C=C\C/C=C\C/C=C\C/C=C\CCCCCC(=O)NC(COP(=O)([O-])OCC[N+](C)(C)C)C(O)CCCCCCCCCCCCCCCCCCCC. The first-order valence-electron chi connectivity index (χ1n) is 24.1. The average Bonchev–Trinajstić information content (AvgIpc) is 3.19. The van der Waals surface area contributed by atoms with Crippen molar-refractivity contribution in [3.8, 4) is 0 Å². The number of nitrogens with zero attached hydrogens (tertiary/aromatic N) is 1. The predicted molar refractivity (Wildman–Crippen MR) is 251 cm³/mol. The number of likely N-dealkylation sites (N-methyl/N-ethyl adjacent to an activating group) is 1. The van der Waals surface area contributed by atoms with E-state index in [1.165, 1.54) is 96.3 Å². The lowest BCUT2D eigenvalue weighted by Crippen LogP contribution is -2.46. The summed E-state index contributed by atoms with van der Waals surface area (Å²) in [5.41, 5.74) is 0. The Bertz CT molecular complexity index is 1140. The Kier molecular flexibility index (Phi) is 40.3. The van der Waals surface area contributed by atoms with Crippen LogP contribution in [0.15, 0.2) is 60.8 Å². The molecule has 1 amide bonds. The third kappa shape index (κ3) is 44.1. The summed E-state index contributed by atoms with van der Waals surface area (Å²) in [6.45, 7) is 4.58. The van der Waals surface area contributed by atoms with Crippen LogP contribution in [0.5, 0.6) is 0 Å². The van der Waals surface area contributed by atoms with Crippen LogP contribution in [0.1, 0.15) is 200 Å². The molecule has 0 aromatic carbocycles. The van der Waals surface area contributed by atoms with Gasteiger partial charge in [0.15, 0.2) is 0 Å². The highest BCUT2D eigenvalue weighted by Crippen LogP contribution is 2.38. The fourth-order valence-electron chi connectivity index (χ4n) is 6.71. The lowest BCUT2D eigenvalue weighted by molar-refractivity contribution is -0.870. The third-order valence-corrected chi connectivity index (χ3v) is 11.5. The largest absolute Gasteiger partial charge is 0.756 e. The molecule has 0 aromatic heterocycles. The van der Waals surface area contributed by atoms with Crippen LogP contribution in [0.3, 0.4) is 0 Å². The number of rotatable bonds is 43. The molecular weight excluding hydrogens is 756 g/mol. The van der Waals surface area contributed by atoms with Crippen molar-refractivity contribution >= 4 is 13.7 Å². The van der Waals surface area contributed by atoms with E-state index in [0.29, 0.717) is 23.9 Å². The minimum atomic E-state index is -4.58. The van der Waals surface area contributed by atoms with Crippen molar-refractivity contribution in [2.75, 3.05) is 40.9 Å². The van der Waals surface area contributed by atoms with E-state index >= 15 is 0 Å². The number of nitrogens with one attached hydrogen (secondary N) is 1. The van der Waals surface area contributed by atoms with Crippen molar-refractivity contribution < 1.29 is 32.9 Å². The first-order chi connectivity index (χ1) is 28.5. The number of unbranched alkanes of at least 4 members (excludes halogenated alkanes) is 20. The molecule has 0 aliphatic rings. The zero-order valence-electron chi connectivity index (χ0n) is 38.9. The predicted octanol–water partition coefficient (Wildman–Crippen LogP) is 13.2. The molecular formula is C50H93N2O6P. The van der Waals surface area contributed by atoms with Gasteiger partial charge in [-0.1, -0.05) is 197 Å². The minimum absolute atomic E-state index is 0.00277. The summed E-state index contributed by atoms with van der Waals surface area (Å²) in [6.07, 6.45) is 53.7. The number of quaternary nitrogens is 1. The van der Waals surface area contributed by atoms with Crippen LogP contribution < -0.4 is 10.2 Å². The van der Waals surface area contributed by atoms with Gasteiger partial charge in [0, 0.05) is 6.42 Å². The van der Waals surface area contributed by atoms with Crippen molar-refractivity contribution in [2.24, 2.45) is 0 Å². The van der Waals surface area contributed by atoms with Gasteiger partial charge in [0.25, 0.3) is 7.82 Å². The molecule has 0 rings (SSSR count). The molecule has 0 saturated heterocycles. The van der Waals surface area contributed by atoms with Gasteiger partial charge in [-0.15, -0.1) is 0 Å². The van der Waals surface area contributed by atoms with Crippen molar-refractivity contribution in [1.82, 2.24) is 5.32 Å². The quantitative estimate of drug-likeness (QED) is 0.0274. The minimum Gasteiger partial charge on any atom is -0.756 e. The molecule has 0 aliphatic carbocycles. The molecule has 0 saturated carbocycles. The highest BCUT2D eigenvalue weighted by Gasteiger charge is 2.24. The van der Waals surface area contributed by atoms with Crippen LogP contribution in [0.2, 0.25) is 0 Å². The number of allylic oxidation sites excluding steroid dienone is 10. The fraction of sp³-hybridized carbons (Fsp3) is 0.780. The molecule has 0 aromatic rings. The van der Waals surface area contributed by atoms with E-state index in [2.05, 4.69) is 79.9 Å². The van der Waals surface area contributed by atoms with Gasteiger partial charge in [0.05, 0.1) is 39.9 Å². The van der Waals surface area contributed by atoms with Gasteiger partial charge >= 0.3 is 0 Å². The second-order valence-corrected chi connectivity index (χ2v) is 18.8. The Morgan fingerprint density at radius 1 is 0.610 bits per heavy atom. The maximum Gasteiger partial charge on any atom is 0.268 e. The molecule has 59 heavy (non-hydrogen) atoms. The summed E-state index contributed by atoms with van der Waals surface area (Å²) in [6, 6.07) is -0.820. The summed E-state index contributed by atoms with van der Waals surface area (Å²) in [4.78, 5) is 25.4. The molecule has 8 nitrogen and oxygen atoms in total. The topological polar surface area (TPSA) is 108 Å². The van der Waals surface area contributed by atoms with Crippen LogP contribution in [0, 0.1) is 0 Å². The number of aliphatic hydroxyl groups excluding tert-OH is 1.